The van der Waals surface area contributed by atoms with Gasteiger partial charge in [-0.15, -0.1) is 0 Å². The Labute approximate surface area is 172 Å². The number of ether oxygens (including phenoxy) is 1. The Hall–Kier alpha value is -3.00. The predicted molar refractivity (Wildman–Crippen MR) is 106 cm³/mol. The molecule has 3 aromatic rings. The van der Waals surface area contributed by atoms with Gasteiger partial charge in [-0.1, -0.05) is 18.2 Å². The van der Waals surface area contributed by atoms with Crippen LogP contribution in [0.15, 0.2) is 48.8 Å². The number of alkyl halides is 3. The lowest BCUT2D eigenvalue weighted by atomic mass is 10.1. The summed E-state index contributed by atoms with van der Waals surface area (Å²) in [5.74, 6) is 1.10. The number of benzene rings is 1. The van der Waals surface area contributed by atoms with E-state index in [9.17, 15) is 13.2 Å². The zero-order valence-corrected chi connectivity index (χ0v) is 16.5. The second kappa shape index (κ2) is 8.39. The van der Waals surface area contributed by atoms with Crippen molar-refractivity contribution in [2.45, 2.75) is 32.6 Å². The van der Waals surface area contributed by atoms with Gasteiger partial charge in [-0.2, -0.15) is 13.2 Å². The first kappa shape index (κ1) is 20.3. The van der Waals surface area contributed by atoms with Crippen LogP contribution in [0.5, 0.6) is 5.88 Å². The Morgan fingerprint density at radius 1 is 1.10 bits per heavy atom. The highest BCUT2D eigenvalue weighted by Crippen LogP contribution is 2.31. The van der Waals surface area contributed by atoms with Gasteiger partial charge >= 0.3 is 6.18 Å². The van der Waals surface area contributed by atoms with Crippen LogP contribution in [0, 0.1) is 0 Å². The number of hydrogen-bond acceptors (Lipinski definition) is 5. The van der Waals surface area contributed by atoms with Gasteiger partial charge in [0.15, 0.2) is 5.82 Å². The summed E-state index contributed by atoms with van der Waals surface area (Å²) in [6, 6.07) is 8.86. The molecule has 4 rings (SSSR count). The van der Waals surface area contributed by atoms with Crippen molar-refractivity contribution in [2.75, 3.05) is 13.2 Å². The van der Waals surface area contributed by atoms with Gasteiger partial charge in [0.05, 0.1) is 17.9 Å². The van der Waals surface area contributed by atoms with E-state index in [0.717, 1.165) is 41.9 Å². The van der Waals surface area contributed by atoms with Crippen LogP contribution in [-0.2, 0) is 25.7 Å². The topological polar surface area (TPSA) is 51.1 Å². The number of rotatable bonds is 5. The number of halogens is 3. The van der Waals surface area contributed by atoms with Crippen LogP contribution in [0.2, 0.25) is 0 Å². The highest BCUT2D eigenvalue weighted by molar-refractivity contribution is 5.56. The fourth-order valence-corrected chi connectivity index (χ4v) is 3.51. The average Bonchev–Trinajstić information content (AvgIpc) is 2.74. The zero-order chi connectivity index (χ0) is 21.1. The summed E-state index contributed by atoms with van der Waals surface area (Å²) in [6.45, 7) is 4.72. The molecule has 0 saturated carbocycles. The summed E-state index contributed by atoms with van der Waals surface area (Å²) in [5.41, 5.74) is 2.89. The van der Waals surface area contributed by atoms with E-state index >= 15 is 0 Å². The molecular weight excluding hydrogens is 393 g/mol. The van der Waals surface area contributed by atoms with Crippen molar-refractivity contribution in [3.05, 3.63) is 71.2 Å². The molecule has 0 amide bonds. The van der Waals surface area contributed by atoms with Gasteiger partial charge < -0.3 is 4.74 Å². The Kier molecular flexibility index (Phi) is 5.67. The molecule has 8 heteroatoms. The molecule has 0 saturated heterocycles. The molecule has 0 atom stereocenters. The summed E-state index contributed by atoms with van der Waals surface area (Å²) in [4.78, 5) is 15.6. The van der Waals surface area contributed by atoms with Crippen molar-refractivity contribution >= 4 is 0 Å². The van der Waals surface area contributed by atoms with Crippen LogP contribution in [0.3, 0.4) is 0 Å². The number of nitrogens with zero attached hydrogens (tertiary/aromatic N) is 4. The largest absolute Gasteiger partial charge is 0.478 e. The van der Waals surface area contributed by atoms with Gasteiger partial charge in [-0.25, -0.2) is 15.0 Å². The van der Waals surface area contributed by atoms with Crippen LogP contribution in [0.1, 0.15) is 29.3 Å². The van der Waals surface area contributed by atoms with Crippen molar-refractivity contribution in [1.29, 1.82) is 0 Å². The van der Waals surface area contributed by atoms with E-state index in [1.807, 2.05) is 19.1 Å². The molecule has 0 unspecified atom stereocenters. The van der Waals surface area contributed by atoms with Gasteiger partial charge in [0.1, 0.15) is 0 Å². The average molecular weight is 414 g/mol. The SMILES string of the molecule is CCOc1ncccc1CN1CCc2nc(-c3ccc(C(F)(F)F)cc3)ncc2C1. The Morgan fingerprint density at radius 2 is 1.90 bits per heavy atom. The minimum absolute atomic E-state index is 0.446. The van der Waals surface area contributed by atoms with Gasteiger partial charge in [0, 0.05) is 55.1 Å². The molecular formula is C22H21F3N4O. The summed E-state index contributed by atoms with van der Waals surface area (Å²) in [7, 11) is 0. The van der Waals surface area contributed by atoms with E-state index in [4.69, 9.17) is 4.74 Å². The minimum Gasteiger partial charge on any atom is -0.478 e. The number of aromatic nitrogens is 3. The highest BCUT2D eigenvalue weighted by Gasteiger charge is 2.30. The second-order valence-corrected chi connectivity index (χ2v) is 7.10. The van der Waals surface area contributed by atoms with Crippen LogP contribution < -0.4 is 4.74 Å². The van der Waals surface area contributed by atoms with E-state index < -0.39 is 11.7 Å². The number of fused-ring (bicyclic) bond motifs is 1. The Bertz CT molecular complexity index is 1020. The normalized spacial score (nSPS) is 14.4. The van der Waals surface area contributed by atoms with E-state index in [2.05, 4.69) is 19.9 Å². The fraction of sp³-hybridized carbons (Fsp3) is 0.318. The van der Waals surface area contributed by atoms with E-state index in [-0.39, 0.29) is 0 Å². The van der Waals surface area contributed by atoms with E-state index in [1.54, 1.807) is 12.4 Å². The van der Waals surface area contributed by atoms with Crippen molar-refractivity contribution in [3.63, 3.8) is 0 Å². The molecule has 0 fully saturated rings. The standard InChI is InChI=1S/C22H21F3N4O/c1-2-30-21-16(4-3-10-26-21)13-29-11-9-19-17(14-29)12-27-20(28-19)15-5-7-18(8-6-15)22(23,24)25/h3-8,10,12H,2,9,11,13-14H2,1H3. The van der Waals surface area contributed by atoms with Crippen molar-refractivity contribution in [1.82, 2.24) is 19.9 Å². The lowest BCUT2D eigenvalue weighted by molar-refractivity contribution is -0.137. The van der Waals surface area contributed by atoms with Crippen molar-refractivity contribution < 1.29 is 17.9 Å². The van der Waals surface area contributed by atoms with Crippen LogP contribution >= 0.6 is 0 Å². The molecule has 5 nitrogen and oxygen atoms in total. The predicted octanol–water partition coefficient (Wildman–Crippen LogP) is 4.51. The molecule has 0 bridgehead atoms. The van der Waals surface area contributed by atoms with Gasteiger partial charge in [0.25, 0.3) is 0 Å². The molecule has 156 valence electrons. The highest BCUT2D eigenvalue weighted by atomic mass is 19.4. The minimum atomic E-state index is -4.35. The van der Waals surface area contributed by atoms with Crippen LogP contribution in [0.25, 0.3) is 11.4 Å². The number of pyridine rings is 1. The molecule has 0 spiro atoms. The third kappa shape index (κ3) is 4.43. The molecule has 30 heavy (non-hydrogen) atoms. The fourth-order valence-electron chi connectivity index (χ4n) is 3.51. The monoisotopic (exact) mass is 414 g/mol. The zero-order valence-electron chi connectivity index (χ0n) is 16.5. The molecule has 0 radical (unpaired) electrons. The summed E-state index contributed by atoms with van der Waals surface area (Å²) in [6.07, 6.45) is -0.116. The van der Waals surface area contributed by atoms with E-state index in [0.29, 0.717) is 37.0 Å². The maximum absolute atomic E-state index is 12.8. The third-order valence-corrected chi connectivity index (χ3v) is 5.01. The van der Waals surface area contributed by atoms with Crippen LogP contribution in [-0.4, -0.2) is 33.0 Å². The summed E-state index contributed by atoms with van der Waals surface area (Å²) >= 11 is 0. The Morgan fingerprint density at radius 3 is 2.63 bits per heavy atom. The third-order valence-electron chi connectivity index (χ3n) is 5.01. The summed E-state index contributed by atoms with van der Waals surface area (Å²) in [5, 5.41) is 0. The van der Waals surface area contributed by atoms with Crippen molar-refractivity contribution in [2.24, 2.45) is 0 Å². The quantitative estimate of drug-likeness (QED) is 0.615. The molecule has 1 aliphatic rings. The molecule has 3 heterocycles. The second-order valence-electron chi connectivity index (χ2n) is 7.10. The first-order chi connectivity index (χ1) is 14.4. The molecule has 0 aliphatic carbocycles. The van der Waals surface area contributed by atoms with Crippen molar-refractivity contribution in [3.8, 4) is 17.3 Å². The smallest absolute Gasteiger partial charge is 0.416 e. The summed E-state index contributed by atoms with van der Waals surface area (Å²) < 4.78 is 43.9. The first-order valence-electron chi connectivity index (χ1n) is 9.75. The maximum atomic E-state index is 12.8. The lowest BCUT2D eigenvalue weighted by Gasteiger charge is -2.28. The maximum Gasteiger partial charge on any atom is 0.416 e. The van der Waals surface area contributed by atoms with E-state index in [1.165, 1.54) is 12.1 Å². The number of hydrogen-bond donors (Lipinski definition) is 0. The first-order valence-corrected chi connectivity index (χ1v) is 9.75. The molecule has 1 aromatic carbocycles. The molecule has 0 N–H and O–H groups in total. The van der Waals surface area contributed by atoms with Gasteiger partial charge in [-0.05, 0) is 25.1 Å². The Balaban J connectivity index is 1.49. The van der Waals surface area contributed by atoms with Gasteiger partial charge in [-0.3, -0.25) is 4.90 Å². The van der Waals surface area contributed by atoms with Gasteiger partial charge in [0.2, 0.25) is 5.88 Å². The molecule has 2 aromatic heterocycles. The lowest BCUT2D eigenvalue weighted by Crippen LogP contribution is -2.31. The van der Waals surface area contributed by atoms with Crippen LogP contribution in [0.4, 0.5) is 13.2 Å². The molecule has 1 aliphatic heterocycles.